The Labute approximate surface area is 95.1 Å². The van der Waals surface area contributed by atoms with Gasteiger partial charge in [-0.25, -0.2) is 4.79 Å². The van der Waals surface area contributed by atoms with Crippen LogP contribution in [0.15, 0.2) is 0 Å². The van der Waals surface area contributed by atoms with Gasteiger partial charge in [-0.05, 0) is 6.42 Å². The number of carbonyl (C=O) groups excluding carboxylic acids is 1. The molecule has 3 heterocycles. The molecule has 3 saturated heterocycles. The molecule has 2 bridgehead atoms. The van der Waals surface area contributed by atoms with Crippen LogP contribution < -0.4 is 5.32 Å². The van der Waals surface area contributed by atoms with Crippen molar-refractivity contribution in [3.05, 3.63) is 0 Å². The zero-order valence-electron chi connectivity index (χ0n) is 9.35. The Bertz CT molecular complexity index is 264. The van der Waals surface area contributed by atoms with Crippen molar-refractivity contribution in [3.8, 4) is 0 Å². The van der Waals surface area contributed by atoms with Crippen molar-refractivity contribution < 1.29 is 14.3 Å². The van der Waals surface area contributed by atoms with Crippen molar-refractivity contribution in [1.29, 1.82) is 0 Å². The Kier molecular flexibility index (Phi) is 2.73. The smallest absolute Gasteiger partial charge is 0.410 e. The van der Waals surface area contributed by atoms with E-state index in [4.69, 9.17) is 9.47 Å². The summed E-state index contributed by atoms with van der Waals surface area (Å²) in [4.78, 5) is 13.9. The van der Waals surface area contributed by atoms with Crippen LogP contribution in [0.25, 0.3) is 0 Å². The number of fused-ring (bicyclic) bond motifs is 2. The first kappa shape index (κ1) is 10.4. The highest BCUT2D eigenvalue weighted by Crippen LogP contribution is 2.29. The van der Waals surface area contributed by atoms with Crippen LogP contribution >= 0.6 is 0 Å². The normalized spacial score (nSPS) is 34.4. The van der Waals surface area contributed by atoms with E-state index in [9.17, 15) is 4.79 Å². The molecular formula is C11H18N2O3. The van der Waals surface area contributed by atoms with Gasteiger partial charge in [0.25, 0.3) is 0 Å². The molecule has 0 spiro atoms. The topological polar surface area (TPSA) is 50.8 Å². The molecule has 3 rings (SSSR count). The minimum absolute atomic E-state index is 0.0653. The van der Waals surface area contributed by atoms with E-state index >= 15 is 0 Å². The highest BCUT2D eigenvalue weighted by atomic mass is 16.6. The van der Waals surface area contributed by atoms with E-state index < -0.39 is 0 Å². The minimum Gasteiger partial charge on any atom is -0.446 e. The molecule has 3 fully saturated rings. The molecule has 0 aromatic carbocycles. The molecule has 16 heavy (non-hydrogen) atoms. The van der Waals surface area contributed by atoms with E-state index in [1.165, 1.54) is 0 Å². The number of carbonyl (C=O) groups is 1. The summed E-state index contributed by atoms with van der Waals surface area (Å²) in [5.74, 6) is 0. The fraction of sp³-hybridized carbons (Fsp3) is 0.909. The zero-order valence-corrected chi connectivity index (χ0v) is 9.35. The average molecular weight is 226 g/mol. The molecule has 0 aromatic rings. The molecule has 2 atom stereocenters. The Morgan fingerprint density at radius 1 is 1.25 bits per heavy atom. The summed E-state index contributed by atoms with van der Waals surface area (Å²) >= 11 is 0. The summed E-state index contributed by atoms with van der Waals surface area (Å²) in [6.45, 7) is 3.26. The summed E-state index contributed by atoms with van der Waals surface area (Å²) in [5.41, 5.74) is 0. The molecule has 2 unspecified atom stereocenters. The molecule has 3 aliphatic rings. The number of nitrogens with zero attached hydrogens (tertiary/aromatic N) is 1. The summed E-state index contributed by atoms with van der Waals surface area (Å²) < 4.78 is 10.8. The van der Waals surface area contributed by atoms with Gasteiger partial charge in [0.1, 0.15) is 6.10 Å². The fourth-order valence-electron chi connectivity index (χ4n) is 2.78. The maximum atomic E-state index is 11.9. The van der Waals surface area contributed by atoms with E-state index in [0.717, 1.165) is 32.4 Å². The molecule has 0 saturated carbocycles. The summed E-state index contributed by atoms with van der Waals surface area (Å²) in [6.07, 6.45) is 2.76. The number of hydrogen-bond acceptors (Lipinski definition) is 4. The number of ether oxygens (including phenoxy) is 2. The Morgan fingerprint density at radius 3 is 2.56 bits per heavy atom. The van der Waals surface area contributed by atoms with Crippen LogP contribution in [0.2, 0.25) is 0 Å². The number of piperidine rings is 1. The standard InChI is InChI=1S/C11H18N2O3/c14-11(16-10-1-3-15-4-2-10)13-8-5-9(13)7-12-6-8/h8-10,12H,1-7H2. The molecule has 90 valence electrons. The second kappa shape index (κ2) is 4.22. The molecule has 5 nitrogen and oxygen atoms in total. The maximum absolute atomic E-state index is 11.9. The zero-order chi connectivity index (χ0) is 11.0. The van der Waals surface area contributed by atoms with Crippen LogP contribution in [0.4, 0.5) is 4.79 Å². The number of nitrogens with one attached hydrogen (secondary N) is 1. The fourth-order valence-corrected chi connectivity index (χ4v) is 2.78. The van der Waals surface area contributed by atoms with E-state index in [0.29, 0.717) is 25.3 Å². The third kappa shape index (κ3) is 1.78. The van der Waals surface area contributed by atoms with Gasteiger partial charge in [-0.2, -0.15) is 0 Å². The summed E-state index contributed by atoms with van der Waals surface area (Å²) in [7, 11) is 0. The maximum Gasteiger partial charge on any atom is 0.410 e. The molecule has 1 N–H and O–H groups in total. The van der Waals surface area contributed by atoms with Crippen molar-refractivity contribution in [2.24, 2.45) is 0 Å². The predicted molar refractivity (Wildman–Crippen MR) is 57.2 cm³/mol. The third-order valence-electron chi connectivity index (χ3n) is 3.74. The molecule has 3 aliphatic heterocycles. The number of amides is 1. The SMILES string of the molecule is O=C(OC1CCOCC1)N1C2CNCC1C2. The van der Waals surface area contributed by atoms with Crippen LogP contribution in [-0.2, 0) is 9.47 Å². The lowest BCUT2D eigenvalue weighted by atomic mass is 9.89. The first-order valence-electron chi connectivity index (χ1n) is 6.12. The second-order valence-corrected chi connectivity index (χ2v) is 4.80. The third-order valence-corrected chi connectivity index (χ3v) is 3.74. The second-order valence-electron chi connectivity index (χ2n) is 4.80. The van der Waals surface area contributed by atoms with Gasteiger partial charge in [0.05, 0.1) is 13.2 Å². The highest BCUT2D eigenvalue weighted by molar-refractivity contribution is 5.70. The van der Waals surface area contributed by atoms with Crippen molar-refractivity contribution >= 4 is 6.09 Å². The van der Waals surface area contributed by atoms with Gasteiger partial charge in [0.2, 0.25) is 0 Å². The van der Waals surface area contributed by atoms with Crippen LogP contribution in [0.5, 0.6) is 0 Å². The lowest BCUT2D eigenvalue weighted by Gasteiger charge is -2.52. The lowest BCUT2D eigenvalue weighted by molar-refractivity contribution is -0.0506. The molecule has 5 heteroatoms. The molecule has 0 radical (unpaired) electrons. The van der Waals surface area contributed by atoms with Crippen LogP contribution in [0.3, 0.4) is 0 Å². The van der Waals surface area contributed by atoms with Crippen molar-refractivity contribution in [2.75, 3.05) is 26.3 Å². The molecule has 0 aliphatic carbocycles. The van der Waals surface area contributed by atoms with Gasteiger partial charge in [0.15, 0.2) is 0 Å². The van der Waals surface area contributed by atoms with Gasteiger partial charge in [0, 0.05) is 38.0 Å². The first-order chi connectivity index (χ1) is 7.84. The lowest BCUT2D eigenvalue weighted by Crippen LogP contribution is -2.69. The largest absolute Gasteiger partial charge is 0.446 e. The van der Waals surface area contributed by atoms with Crippen LogP contribution in [0, 0.1) is 0 Å². The van der Waals surface area contributed by atoms with Gasteiger partial charge in [-0.3, -0.25) is 4.90 Å². The number of hydrogen-bond donors (Lipinski definition) is 1. The number of rotatable bonds is 1. The summed E-state index contributed by atoms with van der Waals surface area (Å²) in [5, 5.41) is 3.30. The minimum atomic E-state index is -0.116. The van der Waals surface area contributed by atoms with Gasteiger partial charge in [-0.1, -0.05) is 0 Å². The Balaban J connectivity index is 1.53. The van der Waals surface area contributed by atoms with Gasteiger partial charge >= 0.3 is 6.09 Å². The monoisotopic (exact) mass is 226 g/mol. The van der Waals surface area contributed by atoms with Gasteiger partial charge in [-0.15, -0.1) is 0 Å². The average Bonchev–Trinajstić information content (AvgIpc) is 2.31. The van der Waals surface area contributed by atoms with Crippen molar-refractivity contribution in [2.45, 2.75) is 37.5 Å². The highest BCUT2D eigenvalue weighted by Gasteiger charge is 2.45. The molecule has 1 amide bonds. The first-order valence-corrected chi connectivity index (χ1v) is 6.12. The quantitative estimate of drug-likeness (QED) is 0.701. The van der Waals surface area contributed by atoms with Crippen LogP contribution in [-0.4, -0.2) is 55.5 Å². The van der Waals surface area contributed by atoms with Crippen molar-refractivity contribution in [3.63, 3.8) is 0 Å². The molecule has 0 aromatic heterocycles. The Hall–Kier alpha value is -0.810. The van der Waals surface area contributed by atoms with Crippen LogP contribution in [0.1, 0.15) is 19.3 Å². The molecular weight excluding hydrogens is 208 g/mol. The van der Waals surface area contributed by atoms with E-state index in [-0.39, 0.29) is 12.2 Å². The van der Waals surface area contributed by atoms with E-state index in [1.807, 2.05) is 4.90 Å². The number of piperazine rings is 1. The van der Waals surface area contributed by atoms with Gasteiger partial charge < -0.3 is 14.8 Å². The van der Waals surface area contributed by atoms with E-state index in [2.05, 4.69) is 5.32 Å². The van der Waals surface area contributed by atoms with E-state index in [1.54, 1.807) is 0 Å². The summed E-state index contributed by atoms with van der Waals surface area (Å²) in [6, 6.07) is 0.734. The predicted octanol–water partition coefficient (Wildman–Crippen LogP) is 0.348. The van der Waals surface area contributed by atoms with Crippen molar-refractivity contribution in [1.82, 2.24) is 10.2 Å². The Morgan fingerprint density at radius 2 is 1.94 bits per heavy atom.